The normalized spacial score (nSPS) is 14.3. The third-order valence-electron chi connectivity index (χ3n) is 2.77. The molecule has 21 heavy (non-hydrogen) atoms. The highest BCUT2D eigenvalue weighted by Gasteiger charge is 2.42. The molecular weight excluding hydrogens is 294 g/mol. The van der Waals surface area contributed by atoms with Gasteiger partial charge in [0.25, 0.3) is 0 Å². The van der Waals surface area contributed by atoms with E-state index in [4.69, 9.17) is 5.11 Å². The fraction of sp³-hybridized carbons (Fsp3) is 0.385. The molecule has 0 bridgehead atoms. The minimum Gasteiger partial charge on any atom is -0.480 e. The van der Waals surface area contributed by atoms with Gasteiger partial charge < -0.3 is 10.4 Å². The number of halogens is 4. The molecule has 0 fully saturated rings. The Bertz CT molecular complexity index is 490. The number of amides is 1. The van der Waals surface area contributed by atoms with Gasteiger partial charge in [-0.2, -0.15) is 13.2 Å². The van der Waals surface area contributed by atoms with Crippen LogP contribution < -0.4 is 5.32 Å². The molecule has 8 heteroatoms. The van der Waals surface area contributed by atoms with Crippen LogP contribution in [-0.4, -0.2) is 35.9 Å². The molecule has 0 aromatic heterocycles. The van der Waals surface area contributed by atoms with Crippen LogP contribution in [0.3, 0.4) is 0 Å². The van der Waals surface area contributed by atoms with E-state index < -0.39 is 43.1 Å². The molecule has 2 unspecified atom stereocenters. The van der Waals surface area contributed by atoms with E-state index in [-0.39, 0.29) is 5.56 Å². The van der Waals surface area contributed by atoms with Gasteiger partial charge in [0.2, 0.25) is 5.91 Å². The molecule has 0 heterocycles. The van der Waals surface area contributed by atoms with E-state index >= 15 is 0 Å². The molecule has 0 spiro atoms. The summed E-state index contributed by atoms with van der Waals surface area (Å²) in [6.07, 6.45) is -5.68. The second kappa shape index (κ2) is 7.05. The van der Waals surface area contributed by atoms with Crippen molar-refractivity contribution in [1.82, 2.24) is 5.32 Å². The second-order valence-electron chi connectivity index (χ2n) is 4.32. The second-order valence-corrected chi connectivity index (χ2v) is 4.32. The predicted molar refractivity (Wildman–Crippen MR) is 65.4 cm³/mol. The Hall–Kier alpha value is -2.12. The molecule has 116 valence electrons. The maximum Gasteiger partial charge on any atom is 0.396 e. The van der Waals surface area contributed by atoms with Gasteiger partial charge in [0, 0.05) is 6.42 Å². The zero-order valence-electron chi connectivity index (χ0n) is 10.7. The van der Waals surface area contributed by atoms with Crippen molar-refractivity contribution < 1.29 is 32.3 Å². The first-order valence-corrected chi connectivity index (χ1v) is 5.95. The van der Waals surface area contributed by atoms with E-state index in [1.54, 1.807) is 5.32 Å². The van der Waals surface area contributed by atoms with Crippen LogP contribution in [0.15, 0.2) is 30.3 Å². The summed E-state index contributed by atoms with van der Waals surface area (Å²) in [6, 6.07) is 4.91. The van der Waals surface area contributed by atoms with Crippen LogP contribution in [-0.2, 0) is 9.59 Å². The number of nitrogens with one attached hydrogen (secondary N) is 1. The molecule has 0 saturated heterocycles. The van der Waals surface area contributed by atoms with Crippen LogP contribution in [0.25, 0.3) is 0 Å². The van der Waals surface area contributed by atoms with E-state index in [1.807, 2.05) is 0 Å². The number of hydrogen-bond acceptors (Lipinski definition) is 2. The molecule has 0 saturated carbocycles. The van der Waals surface area contributed by atoms with Crippen LogP contribution >= 0.6 is 0 Å². The highest BCUT2D eigenvalue weighted by atomic mass is 19.4. The standard InChI is InChI=1S/C13H13F4NO3/c14-7-10(12(20)21)18-11(19)6-9(13(15,16)17)8-4-2-1-3-5-8/h1-5,9-10H,6-7H2,(H,18,19)(H,20,21). The average Bonchev–Trinajstić information content (AvgIpc) is 2.41. The highest BCUT2D eigenvalue weighted by molar-refractivity contribution is 5.84. The monoisotopic (exact) mass is 307 g/mol. The Kier molecular flexibility index (Phi) is 5.69. The topological polar surface area (TPSA) is 66.4 Å². The lowest BCUT2D eigenvalue weighted by molar-refractivity contribution is -0.158. The first kappa shape index (κ1) is 16.9. The maximum absolute atomic E-state index is 13.0. The van der Waals surface area contributed by atoms with Crippen LogP contribution in [0.5, 0.6) is 0 Å². The molecule has 1 aromatic carbocycles. The van der Waals surface area contributed by atoms with Crippen molar-refractivity contribution in [2.24, 2.45) is 0 Å². The number of carboxylic acids is 1. The Morgan fingerprint density at radius 2 is 1.76 bits per heavy atom. The summed E-state index contributed by atoms with van der Waals surface area (Å²) in [6.45, 7) is -1.40. The van der Waals surface area contributed by atoms with E-state index in [1.165, 1.54) is 30.3 Å². The van der Waals surface area contributed by atoms with Crippen LogP contribution in [0, 0.1) is 0 Å². The molecule has 1 aromatic rings. The summed E-state index contributed by atoms with van der Waals surface area (Å²) in [5, 5.41) is 10.3. The first-order valence-electron chi connectivity index (χ1n) is 5.95. The van der Waals surface area contributed by atoms with E-state index in [0.29, 0.717) is 0 Å². The summed E-state index contributed by atoms with van der Waals surface area (Å²) in [7, 11) is 0. The summed E-state index contributed by atoms with van der Waals surface area (Å²) < 4.78 is 51.3. The van der Waals surface area contributed by atoms with Gasteiger partial charge in [0.15, 0.2) is 6.04 Å². The molecular formula is C13H13F4NO3. The van der Waals surface area contributed by atoms with Crippen molar-refractivity contribution >= 4 is 11.9 Å². The number of carboxylic acid groups (broad SMARTS) is 1. The largest absolute Gasteiger partial charge is 0.480 e. The van der Waals surface area contributed by atoms with Gasteiger partial charge in [0.1, 0.15) is 6.67 Å². The number of carbonyl (C=O) groups excluding carboxylic acids is 1. The van der Waals surface area contributed by atoms with Crippen LogP contribution in [0.4, 0.5) is 17.6 Å². The summed E-state index contributed by atoms with van der Waals surface area (Å²) in [5.74, 6) is -4.90. The Labute approximate surface area is 117 Å². The lowest BCUT2D eigenvalue weighted by atomic mass is 9.94. The first-order chi connectivity index (χ1) is 9.75. The highest BCUT2D eigenvalue weighted by Crippen LogP contribution is 2.37. The fourth-order valence-corrected chi connectivity index (χ4v) is 1.71. The summed E-state index contributed by atoms with van der Waals surface area (Å²) in [5.41, 5.74) is -0.118. The van der Waals surface area contributed by atoms with Gasteiger partial charge in [-0.3, -0.25) is 4.79 Å². The van der Waals surface area contributed by atoms with Gasteiger partial charge in [-0.05, 0) is 5.56 Å². The molecule has 0 aliphatic carbocycles. The number of aliphatic carboxylic acids is 1. The quantitative estimate of drug-likeness (QED) is 0.792. The lowest BCUT2D eigenvalue weighted by Gasteiger charge is -2.21. The number of hydrogen-bond donors (Lipinski definition) is 2. The van der Waals surface area contributed by atoms with Crippen molar-refractivity contribution in [2.45, 2.75) is 24.6 Å². The van der Waals surface area contributed by atoms with E-state index in [0.717, 1.165) is 0 Å². The minimum absolute atomic E-state index is 0.118. The van der Waals surface area contributed by atoms with E-state index in [2.05, 4.69) is 0 Å². The lowest BCUT2D eigenvalue weighted by Crippen LogP contribution is -2.43. The van der Waals surface area contributed by atoms with Crippen LogP contribution in [0.1, 0.15) is 17.9 Å². The minimum atomic E-state index is -4.67. The Balaban J connectivity index is 2.84. The summed E-state index contributed by atoms with van der Waals surface area (Å²) >= 11 is 0. The van der Waals surface area contributed by atoms with Gasteiger partial charge in [-0.1, -0.05) is 30.3 Å². The molecule has 2 atom stereocenters. The molecule has 1 amide bonds. The van der Waals surface area contributed by atoms with Crippen molar-refractivity contribution in [1.29, 1.82) is 0 Å². The molecule has 1 rings (SSSR count). The van der Waals surface area contributed by atoms with Crippen molar-refractivity contribution in [3.8, 4) is 0 Å². The zero-order chi connectivity index (χ0) is 16.0. The van der Waals surface area contributed by atoms with Crippen LogP contribution in [0.2, 0.25) is 0 Å². The SMILES string of the molecule is O=C(CC(c1ccccc1)C(F)(F)F)NC(CF)C(=O)O. The number of carbonyl (C=O) groups is 2. The third kappa shape index (κ3) is 5.05. The third-order valence-corrected chi connectivity index (χ3v) is 2.77. The maximum atomic E-state index is 13.0. The average molecular weight is 307 g/mol. The van der Waals surface area contributed by atoms with Crippen molar-refractivity contribution in [3.63, 3.8) is 0 Å². The zero-order valence-corrected chi connectivity index (χ0v) is 10.7. The van der Waals surface area contributed by atoms with Gasteiger partial charge in [-0.25, -0.2) is 9.18 Å². The molecule has 0 aliphatic heterocycles. The molecule has 0 aliphatic rings. The smallest absolute Gasteiger partial charge is 0.396 e. The fourth-order valence-electron chi connectivity index (χ4n) is 1.71. The Morgan fingerprint density at radius 1 is 1.19 bits per heavy atom. The van der Waals surface area contributed by atoms with Crippen molar-refractivity contribution in [2.75, 3.05) is 6.67 Å². The van der Waals surface area contributed by atoms with Gasteiger partial charge >= 0.3 is 12.1 Å². The summed E-state index contributed by atoms with van der Waals surface area (Å²) in [4.78, 5) is 22.0. The van der Waals surface area contributed by atoms with E-state index in [9.17, 15) is 27.2 Å². The number of alkyl halides is 4. The molecule has 2 N–H and O–H groups in total. The molecule has 0 radical (unpaired) electrons. The van der Waals surface area contributed by atoms with Gasteiger partial charge in [-0.15, -0.1) is 0 Å². The predicted octanol–water partition coefficient (Wildman–Crippen LogP) is 2.26. The van der Waals surface area contributed by atoms with Crippen molar-refractivity contribution in [3.05, 3.63) is 35.9 Å². The van der Waals surface area contributed by atoms with Gasteiger partial charge in [0.05, 0.1) is 5.92 Å². The Morgan fingerprint density at radius 3 is 2.19 bits per heavy atom. The number of benzene rings is 1. The number of rotatable bonds is 6. The molecule has 4 nitrogen and oxygen atoms in total.